The van der Waals surface area contributed by atoms with Gasteiger partial charge in [-0.1, -0.05) is 17.7 Å². The van der Waals surface area contributed by atoms with E-state index in [-0.39, 0.29) is 41.4 Å². The van der Waals surface area contributed by atoms with Gasteiger partial charge in [0.15, 0.2) is 0 Å². The van der Waals surface area contributed by atoms with Gasteiger partial charge in [-0.3, -0.25) is 4.79 Å². The highest BCUT2D eigenvalue weighted by molar-refractivity contribution is 6.31. The third-order valence-corrected chi connectivity index (χ3v) is 2.85. The van der Waals surface area contributed by atoms with Gasteiger partial charge in [-0.2, -0.15) is 0 Å². The number of benzene rings is 1. The van der Waals surface area contributed by atoms with Gasteiger partial charge in [0.2, 0.25) is 5.91 Å². The van der Waals surface area contributed by atoms with Crippen LogP contribution in [0.3, 0.4) is 0 Å². The molecule has 1 aromatic rings. The molecule has 0 aliphatic rings. The van der Waals surface area contributed by atoms with Crippen LogP contribution in [0.4, 0.5) is 4.39 Å². The van der Waals surface area contributed by atoms with Crippen molar-refractivity contribution in [1.29, 1.82) is 0 Å². The van der Waals surface area contributed by atoms with E-state index < -0.39 is 5.82 Å². The Balaban J connectivity index is 0.00000289. The minimum Gasteiger partial charge on any atom is -0.354 e. The molecule has 3 nitrogen and oxygen atoms in total. The standard InChI is InChI=1S/C12H16ClFN2O.ClH/c1-8(15-2)7-16-12(17)6-9-10(13)4-3-5-11(9)14;/h3-5,8,15H,6-7H2,1-2H3,(H,16,17);1H. The molecule has 1 aromatic carbocycles. The topological polar surface area (TPSA) is 41.1 Å². The van der Waals surface area contributed by atoms with Gasteiger partial charge in [-0.05, 0) is 26.1 Å². The van der Waals surface area contributed by atoms with E-state index in [9.17, 15) is 9.18 Å². The van der Waals surface area contributed by atoms with Crippen LogP contribution in [0.25, 0.3) is 0 Å². The molecule has 1 rings (SSSR count). The summed E-state index contributed by atoms with van der Waals surface area (Å²) in [5.41, 5.74) is 0.240. The van der Waals surface area contributed by atoms with Gasteiger partial charge in [0, 0.05) is 23.2 Å². The van der Waals surface area contributed by atoms with E-state index in [1.54, 1.807) is 6.07 Å². The third-order valence-electron chi connectivity index (χ3n) is 2.50. The zero-order chi connectivity index (χ0) is 12.8. The molecule has 102 valence electrons. The van der Waals surface area contributed by atoms with Gasteiger partial charge in [0.1, 0.15) is 5.82 Å². The van der Waals surface area contributed by atoms with Crippen molar-refractivity contribution in [2.45, 2.75) is 19.4 Å². The second-order valence-corrected chi connectivity index (χ2v) is 4.28. The smallest absolute Gasteiger partial charge is 0.224 e. The predicted molar refractivity (Wildman–Crippen MR) is 73.9 cm³/mol. The molecular formula is C12H17Cl2FN2O. The number of halogens is 3. The van der Waals surface area contributed by atoms with Crippen LogP contribution in [0.5, 0.6) is 0 Å². The van der Waals surface area contributed by atoms with E-state index in [1.165, 1.54) is 12.1 Å². The summed E-state index contributed by atoms with van der Waals surface area (Å²) < 4.78 is 13.4. The summed E-state index contributed by atoms with van der Waals surface area (Å²) in [7, 11) is 1.81. The van der Waals surface area contributed by atoms with Gasteiger partial charge < -0.3 is 10.6 Å². The van der Waals surface area contributed by atoms with Crippen LogP contribution in [0.2, 0.25) is 5.02 Å². The van der Waals surface area contributed by atoms with Crippen LogP contribution in [-0.4, -0.2) is 25.5 Å². The molecule has 0 saturated heterocycles. The van der Waals surface area contributed by atoms with Crippen molar-refractivity contribution < 1.29 is 9.18 Å². The Morgan fingerprint density at radius 2 is 2.17 bits per heavy atom. The lowest BCUT2D eigenvalue weighted by atomic mass is 10.1. The molecule has 0 aliphatic carbocycles. The first kappa shape index (κ1) is 17.2. The molecule has 18 heavy (non-hydrogen) atoms. The SMILES string of the molecule is CNC(C)CNC(=O)Cc1c(F)cccc1Cl.Cl. The fraction of sp³-hybridized carbons (Fsp3) is 0.417. The molecule has 1 atom stereocenters. The van der Waals surface area contributed by atoms with Crippen molar-refractivity contribution in [3.05, 3.63) is 34.6 Å². The van der Waals surface area contributed by atoms with E-state index >= 15 is 0 Å². The number of nitrogens with one attached hydrogen (secondary N) is 2. The molecule has 1 amide bonds. The number of carbonyl (C=O) groups is 1. The quantitative estimate of drug-likeness (QED) is 0.874. The molecule has 0 radical (unpaired) electrons. The van der Waals surface area contributed by atoms with Crippen LogP contribution >= 0.6 is 24.0 Å². The Morgan fingerprint density at radius 3 is 2.72 bits per heavy atom. The summed E-state index contributed by atoms with van der Waals surface area (Å²) in [4.78, 5) is 11.6. The minimum absolute atomic E-state index is 0. The number of hydrogen-bond donors (Lipinski definition) is 2. The van der Waals surface area contributed by atoms with E-state index in [1.807, 2.05) is 14.0 Å². The molecule has 0 saturated carbocycles. The highest BCUT2D eigenvalue weighted by atomic mass is 35.5. The largest absolute Gasteiger partial charge is 0.354 e. The second-order valence-electron chi connectivity index (χ2n) is 3.87. The number of carbonyl (C=O) groups excluding carboxylic acids is 1. The Bertz CT molecular complexity index is 381. The number of hydrogen-bond acceptors (Lipinski definition) is 2. The second kappa shape index (κ2) is 8.29. The molecule has 0 spiro atoms. The Hall–Kier alpha value is -0.840. The number of rotatable bonds is 5. The normalized spacial score (nSPS) is 11.6. The minimum atomic E-state index is -0.450. The van der Waals surface area contributed by atoms with Crippen molar-refractivity contribution >= 4 is 29.9 Å². The Kier molecular flexibility index (Phi) is 7.91. The molecule has 0 bridgehead atoms. The monoisotopic (exact) mass is 294 g/mol. The number of amides is 1. The van der Waals surface area contributed by atoms with E-state index in [0.717, 1.165) is 0 Å². The fourth-order valence-electron chi connectivity index (χ4n) is 1.29. The van der Waals surface area contributed by atoms with Crippen molar-refractivity contribution in [3.8, 4) is 0 Å². The van der Waals surface area contributed by atoms with Gasteiger partial charge in [-0.15, -0.1) is 12.4 Å². The first-order valence-electron chi connectivity index (χ1n) is 5.41. The van der Waals surface area contributed by atoms with E-state index in [4.69, 9.17) is 11.6 Å². The van der Waals surface area contributed by atoms with Crippen LogP contribution < -0.4 is 10.6 Å². The van der Waals surface area contributed by atoms with Crippen molar-refractivity contribution in [2.24, 2.45) is 0 Å². The summed E-state index contributed by atoms with van der Waals surface area (Å²) in [5.74, 6) is -0.687. The summed E-state index contributed by atoms with van der Waals surface area (Å²) in [6.45, 7) is 2.44. The third kappa shape index (κ3) is 5.21. The van der Waals surface area contributed by atoms with Crippen LogP contribution in [0, 0.1) is 5.82 Å². The molecule has 1 unspecified atom stereocenters. The maximum atomic E-state index is 13.4. The summed E-state index contributed by atoms with van der Waals surface area (Å²) in [6, 6.07) is 4.56. The van der Waals surface area contributed by atoms with E-state index in [0.29, 0.717) is 6.54 Å². The van der Waals surface area contributed by atoms with Crippen LogP contribution in [0.15, 0.2) is 18.2 Å². The van der Waals surface area contributed by atoms with Crippen molar-refractivity contribution in [2.75, 3.05) is 13.6 Å². The van der Waals surface area contributed by atoms with Gasteiger partial charge in [-0.25, -0.2) is 4.39 Å². The van der Waals surface area contributed by atoms with Crippen molar-refractivity contribution in [3.63, 3.8) is 0 Å². The first-order valence-corrected chi connectivity index (χ1v) is 5.79. The maximum absolute atomic E-state index is 13.4. The molecular weight excluding hydrogens is 278 g/mol. The molecule has 2 N–H and O–H groups in total. The summed E-state index contributed by atoms with van der Waals surface area (Å²) in [6.07, 6.45) is -0.0397. The van der Waals surface area contributed by atoms with Crippen LogP contribution in [-0.2, 0) is 11.2 Å². The highest BCUT2D eigenvalue weighted by Crippen LogP contribution is 2.19. The summed E-state index contributed by atoms with van der Waals surface area (Å²) >= 11 is 5.83. The highest BCUT2D eigenvalue weighted by Gasteiger charge is 2.11. The summed E-state index contributed by atoms with van der Waals surface area (Å²) in [5, 5.41) is 5.98. The Labute approximate surface area is 118 Å². The van der Waals surface area contributed by atoms with Gasteiger partial charge in [0.25, 0.3) is 0 Å². The fourth-order valence-corrected chi connectivity index (χ4v) is 1.52. The van der Waals surface area contributed by atoms with E-state index in [2.05, 4.69) is 10.6 Å². The molecule has 0 heterocycles. The van der Waals surface area contributed by atoms with Crippen molar-refractivity contribution in [1.82, 2.24) is 10.6 Å². The lowest BCUT2D eigenvalue weighted by molar-refractivity contribution is -0.120. The molecule has 0 fully saturated rings. The average molecular weight is 295 g/mol. The lowest BCUT2D eigenvalue weighted by Gasteiger charge is -2.12. The van der Waals surface area contributed by atoms with Gasteiger partial charge >= 0.3 is 0 Å². The number of likely N-dealkylation sites (N-methyl/N-ethyl adjacent to an activating group) is 1. The average Bonchev–Trinajstić information content (AvgIpc) is 2.31. The zero-order valence-corrected chi connectivity index (χ0v) is 11.9. The zero-order valence-electron chi connectivity index (χ0n) is 10.3. The maximum Gasteiger partial charge on any atom is 0.224 e. The lowest BCUT2D eigenvalue weighted by Crippen LogP contribution is -2.37. The molecule has 0 aliphatic heterocycles. The van der Waals surface area contributed by atoms with Gasteiger partial charge in [0.05, 0.1) is 6.42 Å². The molecule has 6 heteroatoms. The first-order chi connectivity index (χ1) is 8.04. The molecule has 0 aromatic heterocycles. The van der Waals surface area contributed by atoms with Crippen LogP contribution in [0.1, 0.15) is 12.5 Å². The predicted octanol–water partition coefficient (Wildman–Crippen LogP) is 2.17. The Morgan fingerprint density at radius 1 is 1.50 bits per heavy atom.